The summed E-state index contributed by atoms with van der Waals surface area (Å²) < 4.78 is 0. The van der Waals surface area contributed by atoms with E-state index in [9.17, 15) is 4.79 Å². The van der Waals surface area contributed by atoms with Crippen LogP contribution in [0.2, 0.25) is 0 Å². The van der Waals surface area contributed by atoms with Gasteiger partial charge in [0.25, 0.3) is 0 Å². The maximum Gasteiger partial charge on any atom is 0.407 e. The zero-order valence-electron chi connectivity index (χ0n) is 8.46. The van der Waals surface area contributed by atoms with Crippen molar-refractivity contribution in [2.75, 3.05) is 19.6 Å². The molecule has 0 radical (unpaired) electrons. The molecule has 1 saturated carbocycles. The van der Waals surface area contributed by atoms with Crippen molar-refractivity contribution in [3.05, 3.63) is 0 Å². The van der Waals surface area contributed by atoms with Crippen LogP contribution in [0.5, 0.6) is 0 Å². The number of nitrogens with one attached hydrogen (secondary N) is 1. The molecule has 0 unspecified atom stereocenters. The molecule has 2 N–H and O–H groups in total. The molecule has 1 aliphatic carbocycles. The highest BCUT2D eigenvalue weighted by Crippen LogP contribution is 2.30. The van der Waals surface area contributed by atoms with E-state index < -0.39 is 6.09 Å². The lowest BCUT2D eigenvalue weighted by Gasteiger charge is -2.45. The molecular weight excluding hydrogens is 180 g/mol. The van der Waals surface area contributed by atoms with Crippen LogP contribution in [0.1, 0.15) is 32.1 Å². The Bertz CT molecular complexity index is 219. The first-order chi connectivity index (χ1) is 6.72. The van der Waals surface area contributed by atoms with Crippen LogP contribution in [0.3, 0.4) is 0 Å². The van der Waals surface area contributed by atoms with Gasteiger partial charge in [-0.1, -0.05) is 19.3 Å². The first-order valence-electron chi connectivity index (χ1n) is 5.45. The lowest BCUT2D eigenvalue weighted by molar-refractivity contribution is 0.0857. The largest absolute Gasteiger partial charge is 0.465 e. The van der Waals surface area contributed by atoms with Gasteiger partial charge in [-0.25, -0.2) is 4.79 Å². The van der Waals surface area contributed by atoms with Crippen molar-refractivity contribution < 1.29 is 9.90 Å². The third-order valence-corrected chi connectivity index (χ3v) is 3.46. The Morgan fingerprint density at radius 2 is 2.00 bits per heavy atom. The number of hydrogen-bond acceptors (Lipinski definition) is 2. The summed E-state index contributed by atoms with van der Waals surface area (Å²) in [5.74, 6) is 0. The minimum absolute atomic E-state index is 0.106. The second-order valence-corrected chi connectivity index (χ2v) is 4.47. The molecule has 0 aromatic carbocycles. The number of carbonyl (C=O) groups is 1. The van der Waals surface area contributed by atoms with E-state index >= 15 is 0 Å². The van der Waals surface area contributed by atoms with Gasteiger partial charge in [0.1, 0.15) is 0 Å². The van der Waals surface area contributed by atoms with Crippen molar-refractivity contribution >= 4 is 6.09 Å². The minimum Gasteiger partial charge on any atom is -0.465 e. The third kappa shape index (κ3) is 1.85. The van der Waals surface area contributed by atoms with Gasteiger partial charge in [0.15, 0.2) is 0 Å². The molecule has 4 heteroatoms. The van der Waals surface area contributed by atoms with Gasteiger partial charge in [-0.15, -0.1) is 0 Å². The van der Waals surface area contributed by atoms with Gasteiger partial charge in [-0.05, 0) is 12.8 Å². The maximum atomic E-state index is 10.9. The Hall–Kier alpha value is -0.770. The summed E-state index contributed by atoms with van der Waals surface area (Å²) in [5, 5.41) is 12.5. The van der Waals surface area contributed by atoms with Gasteiger partial charge >= 0.3 is 6.09 Å². The van der Waals surface area contributed by atoms with Crippen LogP contribution in [-0.2, 0) is 0 Å². The van der Waals surface area contributed by atoms with Gasteiger partial charge in [0, 0.05) is 25.2 Å². The first-order valence-corrected chi connectivity index (χ1v) is 5.45. The molecule has 0 aromatic heterocycles. The quantitative estimate of drug-likeness (QED) is 0.616. The third-order valence-electron chi connectivity index (χ3n) is 3.46. The molecule has 2 fully saturated rings. The predicted octanol–water partition coefficient (Wildman–Crippen LogP) is 1.27. The molecule has 0 bridgehead atoms. The lowest BCUT2D eigenvalue weighted by atomic mass is 9.80. The molecular formula is C10H18N2O2. The highest BCUT2D eigenvalue weighted by Gasteiger charge is 2.37. The molecule has 1 amide bonds. The average molecular weight is 198 g/mol. The standard InChI is InChI=1S/C10H18N2O2/c13-9(14)12-7-6-11-10(8-12)4-2-1-3-5-10/h11H,1-8H2,(H,13,14). The molecule has 2 rings (SSSR count). The zero-order chi connectivity index (χ0) is 10.0. The Morgan fingerprint density at radius 3 is 2.64 bits per heavy atom. The molecule has 80 valence electrons. The number of hydrogen-bond donors (Lipinski definition) is 2. The van der Waals surface area contributed by atoms with Crippen LogP contribution in [-0.4, -0.2) is 41.3 Å². The van der Waals surface area contributed by atoms with Gasteiger partial charge in [0.05, 0.1) is 0 Å². The van der Waals surface area contributed by atoms with Crippen LogP contribution in [0.15, 0.2) is 0 Å². The van der Waals surface area contributed by atoms with Crippen molar-refractivity contribution in [1.82, 2.24) is 10.2 Å². The summed E-state index contributed by atoms with van der Waals surface area (Å²) in [7, 11) is 0. The van der Waals surface area contributed by atoms with Gasteiger partial charge in [0.2, 0.25) is 0 Å². The molecule has 1 saturated heterocycles. The van der Waals surface area contributed by atoms with Gasteiger partial charge < -0.3 is 15.3 Å². The molecule has 0 atom stereocenters. The summed E-state index contributed by atoms with van der Waals surface area (Å²) in [5.41, 5.74) is 0.106. The summed E-state index contributed by atoms with van der Waals surface area (Å²) in [6.07, 6.45) is 5.28. The van der Waals surface area contributed by atoms with Crippen LogP contribution in [0, 0.1) is 0 Å². The van der Waals surface area contributed by atoms with E-state index in [-0.39, 0.29) is 5.54 Å². The van der Waals surface area contributed by atoms with Crippen LogP contribution >= 0.6 is 0 Å². The first kappa shape index (κ1) is 9.77. The molecule has 2 aliphatic rings. The maximum absolute atomic E-state index is 10.9. The highest BCUT2D eigenvalue weighted by molar-refractivity contribution is 5.65. The Balaban J connectivity index is 2.01. The molecule has 1 aliphatic heterocycles. The highest BCUT2D eigenvalue weighted by atomic mass is 16.4. The topological polar surface area (TPSA) is 52.6 Å². The summed E-state index contributed by atoms with van der Waals surface area (Å²) in [4.78, 5) is 12.4. The van der Waals surface area contributed by atoms with Gasteiger partial charge in [-0.3, -0.25) is 0 Å². The molecule has 1 spiro atoms. The van der Waals surface area contributed by atoms with Gasteiger partial charge in [-0.2, -0.15) is 0 Å². The number of carboxylic acid groups (broad SMARTS) is 1. The molecule has 0 aromatic rings. The van der Waals surface area contributed by atoms with Crippen molar-refractivity contribution in [3.8, 4) is 0 Å². The van der Waals surface area contributed by atoms with E-state index in [1.165, 1.54) is 19.3 Å². The average Bonchev–Trinajstić information content (AvgIpc) is 2.19. The Labute approximate surface area is 84.3 Å². The van der Waals surface area contributed by atoms with Crippen LogP contribution < -0.4 is 5.32 Å². The normalized spacial score (nSPS) is 26.4. The molecule has 1 heterocycles. The molecule has 4 nitrogen and oxygen atoms in total. The smallest absolute Gasteiger partial charge is 0.407 e. The predicted molar refractivity (Wildman–Crippen MR) is 53.4 cm³/mol. The van der Waals surface area contributed by atoms with Crippen LogP contribution in [0.4, 0.5) is 4.79 Å². The number of amides is 1. The van der Waals surface area contributed by atoms with E-state index in [4.69, 9.17) is 5.11 Å². The Kier molecular flexibility index (Phi) is 2.63. The SMILES string of the molecule is O=C(O)N1CCNC2(CCCCC2)C1. The fourth-order valence-electron chi connectivity index (χ4n) is 2.68. The zero-order valence-corrected chi connectivity index (χ0v) is 8.46. The number of piperazine rings is 1. The fraction of sp³-hybridized carbons (Fsp3) is 0.900. The van der Waals surface area contributed by atoms with E-state index in [1.807, 2.05) is 0 Å². The summed E-state index contributed by atoms with van der Waals surface area (Å²) in [6, 6.07) is 0. The molecule has 14 heavy (non-hydrogen) atoms. The van der Waals surface area contributed by atoms with Crippen LogP contribution in [0.25, 0.3) is 0 Å². The van der Waals surface area contributed by atoms with Crippen molar-refractivity contribution in [3.63, 3.8) is 0 Å². The second-order valence-electron chi connectivity index (χ2n) is 4.47. The van der Waals surface area contributed by atoms with Crippen molar-refractivity contribution in [2.24, 2.45) is 0 Å². The van der Waals surface area contributed by atoms with Crippen molar-refractivity contribution in [2.45, 2.75) is 37.6 Å². The van der Waals surface area contributed by atoms with E-state index in [1.54, 1.807) is 4.90 Å². The van der Waals surface area contributed by atoms with E-state index in [2.05, 4.69) is 5.32 Å². The number of nitrogens with zero attached hydrogens (tertiary/aromatic N) is 1. The number of rotatable bonds is 0. The summed E-state index contributed by atoms with van der Waals surface area (Å²) in [6.45, 7) is 2.13. The van der Waals surface area contributed by atoms with E-state index in [0.717, 1.165) is 19.4 Å². The van der Waals surface area contributed by atoms with E-state index in [0.29, 0.717) is 13.1 Å². The van der Waals surface area contributed by atoms with Crippen molar-refractivity contribution in [1.29, 1.82) is 0 Å². The Morgan fingerprint density at radius 1 is 1.29 bits per heavy atom. The fourth-order valence-corrected chi connectivity index (χ4v) is 2.68. The lowest BCUT2D eigenvalue weighted by Crippen LogP contribution is -2.62. The summed E-state index contributed by atoms with van der Waals surface area (Å²) >= 11 is 0. The minimum atomic E-state index is -0.767. The second kappa shape index (κ2) is 3.77. The monoisotopic (exact) mass is 198 g/mol.